The van der Waals surface area contributed by atoms with Crippen LogP contribution < -0.4 is 5.32 Å². The van der Waals surface area contributed by atoms with Gasteiger partial charge in [-0.2, -0.15) is 15.3 Å². The summed E-state index contributed by atoms with van der Waals surface area (Å²) in [6.07, 6.45) is 5.68. The van der Waals surface area contributed by atoms with E-state index in [1.54, 1.807) is 0 Å². The van der Waals surface area contributed by atoms with Crippen LogP contribution in [0.3, 0.4) is 0 Å². The SMILES string of the molecule is CC[C@]1(c2cccc(-c3ccnn3C(C)C)c2)C2=CN=NC2NC2=C1C(=O)CC(C)(C)C2. The summed E-state index contributed by atoms with van der Waals surface area (Å²) in [5.41, 5.74) is 5.73. The van der Waals surface area contributed by atoms with Gasteiger partial charge in [-0.15, -0.1) is 0 Å². The quantitative estimate of drug-likeness (QED) is 0.677. The van der Waals surface area contributed by atoms with Crippen LogP contribution in [0.2, 0.25) is 0 Å². The van der Waals surface area contributed by atoms with Gasteiger partial charge in [0.1, 0.15) is 0 Å². The van der Waals surface area contributed by atoms with Crippen LogP contribution in [0.1, 0.15) is 65.5 Å². The van der Waals surface area contributed by atoms with Crippen molar-refractivity contribution in [1.82, 2.24) is 15.1 Å². The van der Waals surface area contributed by atoms with Crippen molar-refractivity contribution >= 4 is 5.78 Å². The van der Waals surface area contributed by atoms with Crippen LogP contribution in [-0.4, -0.2) is 21.7 Å². The number of rotatable bonds is 4. The molecule has 0 saturated carbocycles. The van der Waals surface area contributed by atoms with Gasteiger partial charge in [-0.3, -0.25) is 9.48 Å². The van der Waals surface area contributed by atoms with Crippen molar-refractivity contribution in [3.05, 3.63) is 65.1 Å². The third kappa shape index (κ3) is 2.99. The summed E-state index contributed by atoms with van der Waals surface area (Å²) < 4.78 is 2.04. The van der Waals surface area contributed by atoms with Crippen molar-refractivity contribution < 1.29 is 4.79 Å². The number of aromatic nitrogens is 2. The molecule has 0 fully saturated rings. The summed E-state index contributed by atoms with van der Waals surface area (Å²) in [5.74, 6) is 0.231. The van der Waals surface area contributed by atoms with E-state index in [0.717, 1.165) is 46.5 Å². The van der Waals surface area contributed by atoms with E-state index in [4.69, 9.17) is 0 Å². The van der Waals surface area contributed by atoms with Crippen LogP contribution in [0, 0.1) is 5.41 Å². The van der Waals surface area contributed by atoms with Gasteiger partial charge >= 0.3 is 0 Å². The molecule has 32 heavy (non-hydrogen) atoms. The van der Waals surface area contributed by atoms with Gasteiger partial charge in [-0.25, -0.2) is 0 Å². The summed E-state index contributed by atoms with van der Waals surface area (Å²) in [4.78, 5) is 13.6. The van der Waals surface area contributed by atoms with E-state index in [0.29, 0.717) is 6.42 Å². The first-order valence-electron chi connectivity index (χ1n) is 11.5. The van der Waals surface area contributed by atoms with Crippen LogP contribution >= 0.6 is 0 Å². The molecule has 1 unspecified atom stereocenters. The summed E-state index contributed by atoms with van der Waals surface area (Å²) in [5, 5.41) is 16.8. The van der Waals surface area contributed by atoms with Crippen molar-refractivity contribution in [3.63, 3.8) is 0 Å². The molecule has 0 bridgehead atoms. The molecule has 2 aromatic rings. The van der Waals surface area contributed by atoms with Crippen LogP contribution in [0.5, 0.6) is 0 Å². The summed E-state index contributed by atoms with van der Waals surface area (Å²) >= 11 is 0. The van der Waals surface area contributed by atoms with E-state index in [2.05, 4.69) is 85.6 Å². The Hall–Kier alpha value is -3.02. The molecule has 3 aliphatic rings. The van der Waals surface area contributed by atoms with Gasteiger partial charge in [0.2, 0.25) is 0 Å². The van der Waals surface area contributed by atoms with Crippen molar-refractivity contribution in [2.75, 3.05) is 0 Å². The Balaban J connectivity index is 1.73. The molecule has 6 heteroatoms. The number of hydrogen-bond donors (Lipinski definition) is 1. The highest BCUT2D eigenvalue weighted by Crippen LogP contribution is 2.54. The first kappa shape index (κ1) is 20.9. The molecule has 5 rings (SSSR count). The zero-order valence-corrected chi connectivity index (χ0v) is 19.5. The Kier molecular flexibility index (Phi) is 4.73. The topological polar surface area (TPSA) is 71.6 Å². The number of allylic oxidation sites excluding steroid dienone is 2. The summed E-state index contributed by atoms with van der Waals surface area (Å²) in [6, 6.07) is 10.9. The molecule has 1 N–H and O–H groups in total. The number of hydrogen-bond acceptors (Lipinski definition) is 5. The molecule has 1 aromatic carbocycles. The molecule has 2 atom stereocenters. The maximum Gasteiger partial charge on any atom is 0.164 e. The normalized spacial score (nSPS) is 26.1. The molecular formula is C26H31N5O. The molecule has 166 valence electrons. The molecular weight excluding hydrogens is 398 g/mol. The van der Waals surface area contributed by atoms with Crippen molar-refractivity contribution in [2.45, 2.75) is 71.5 Å². The van der Waals surface area contributed by atoms with E-state index in [1.807, 2.05) is 17.1 Å². The predicted molar refractivity (Wildman–Crippen MR) is 125 cm³/mol. The first-order valence-corrected chi connectivity index (χ1v) is 11.5. The zero-order chi connectivity index (χ0) is 22.7. The number of nitrogens with one attached hydrogen (secondary N) is 1. The maximum atomic E-state index is 13.6. The number of carbonyl (C=O) groups is 1. The lowest BCUT2D eigenvalue weighted by molar-refractivity contribution is -0.119. The number of Topliss-reactive ketones (excluding diaryl/α,β-unsaturated/α-hetero) is 1. The van der Waals surface area contributed by atoms with Crippen molar-refractivity contribution in [2.24, 2.45) is 15.6 Å². The largest absolute Gasteiger partial charge is 0.362 e. The van der Waals surface area contributed by atoms with Crippen LogP contribution in [0.4, 0.5) is 0 Å². The Morgan fingerprint density at radius 3 is 2.78 bits per heavy atom. The van der Waals surface area contributed by atoms with Crippen LogP contribution in [-0.2, 0) is 10.2 Å². The molecule has 0 radical (unpaired) electrons. The van der Waals surface area contributed by atoms with Crippen LogP contribution in [0.25, 0.3) is 11.3 Å². The molecule has 0 spiro atoms. The summed E-state index contributed by atoms with van der Waals surface area (Å²) in [7, 11) is 0. The van der Waals surface area contributed by atoms with E-state index in [1.165, 1.54) is 0 Å². The molecule has 1 aliphatic carbocycles. The van der Waals surface area contributed by atoms with Gasteiger partial charge in [-0.1, -0.05) is 39.0 Å². The van der Waals surface area contributed by atoms with Gasteiger partial charge in [0, 0.05) is 41.1 Å². The van der Waals surface area contributed by atoms with E-state index in [-0.39, 0.29) is 23.4 Å². The summed E-state index contributed by atoms with van der Waals surface area (Å²) in [6.45, 7) is 10.8. The predicted octanol–water partition coefficient (Wildman–Crippen LogP) is 5.70. The third-order valence-corrected chi connectivity index (χ3v) is 7.12. The lowest BCUT2D eigenvalue weighted by Crippen LogP contribution is -2.51. The van der Waals surface area contributed by atoms with Gasteiger partial charge in [0.05, 0.1) is 17.3 Å². The highest BCUT2D eigenvalue weighted by molar-refractivity contribution is 6.01. The van der Waals surface area contributed by atoms with E-state index < -0.39 is 5.41 Å². The minimum atomic E-state index is -0.527. The molecule has 2 aliphatic heterocycles. The van der Waals surface area contributed by atoms with Gasteiger partial charge in [0.15, 0.2) is 11.9 Å². The molecule has 3 heterocycles. The first-order chi connectivity index (χ1) is 15.3. The van der Waals surface area contributed by atoms with Gasteiger partial charge in [-0.05, 0) is 49.8 Å². The highest BCUT2D eigenvalue weighted by Gasteiger charge is 2.53. The fourth-order valence-electron chi connectivity index (χ4n) is 5.79. The maximum absolute atomic E-state index is 13.6. The molecule has 1 aromatic heterocycles. The second-order valence-electron chi connectivity index (χ2n) is 10.3. The highest BCUT2D eigenvalue weighted by atomic mass is 16.1. The average molecular weight is 430 g/mol. The monoisotopic (exact) mass is 429 g/mol. The van der Waals surface area contributed by atoms with Crippen molar-refractivity contribution in [1.29, 1.82) is 0 Å². The van der Waals surface area contributed by atoms with Crippen molar-refractivity contribution in [3.8, 4) is 11.3 Å². The number of carbonyl (C=O) groups excluding carboxylic acids is 1. The second kappa shape index (κ2) is 7.26. The number of ketones is 1. The molecule has 6 nitrogen and oxygen atoms in total. The number of fused-ring (bicyclic) bond motifs is 1. The second-order valence-corrected chi connectivity index (χ2v) is 10.3. The van der Waals surface area contributed by atoms with E-state index >= 15 is 0 Å². The number of nitrogens with zero attached hydrogens (tertiary/aromatic N) is 4. The fraction of sp³-hybridized carbons (Fsp3) is 0.462. The standard InChI is InChI=1S/C26H31N5O/c1-6-26(18-9-7-8-17(12-18)21-10-11-28-31(21)16(2)3)19-15-27-30-24(19)29-20-13-25(4,5)14-22(32)23(20)26/h7-12,15-16,24,29H,6,13-14H2,1-5H3/t24?,26-/m0/s1. The Bertz CT molecular complexity index is 1180. The fourth-order valence-corrected chi connectivity index (χ4v) is 5.79. The Morgan fingerprint density at radius 2 is 2.03 bits per heavy atom. The van der Waals surface area contributed by atoms with Gasteiger partial charge < -0.3 is 5.32 Å². The Labute approximate surface area is 189 Å². The lowest BCUT2D eigenvalue weighted by atomic mass is 9.58. The minimum absolute atomic E-state index is 0.0645. The molecule has 0 saturated heterocycles. The minimum Gasteiger partial charge on any atom is -0.362 e. The molecule has 0 amide bonds. The lowest BCUT2D eigenvalue weighted by Gasteiger charge is -2.47. The number of benzene rings is 1. The Morgan fingerprint density at radius 1 is 1.22 bits per heavy atom. The average Bonchev–Trinajstić information content (AvgIpc) is 3.41. The number of azo groups is 1. The van der Waals surface area contributed by atoms with Gasteiger partial charge in [0.25, 0.3) is 0 Å². The van der Waals surface area contributed by atoms with E-state index in [9.17, 15) is 4.79 Å². The van der Waals surface area contributed by atoms with Crippen LogP contribution in [0.15, 0.2) is 69.8 Å². The smallest absolute Gasteiger partial charge is 0.164 e. The zero-order valence-electron chi connectivity index (χ0n) is 19.5. The third-order valence-electron chi connectivity index (χ3n) is 7.12.